The zero-order valence-electron chi connectivity index (χ0n) is 47.8. The summed E-state index contributed by atoms with van der Waals surface area (Å²) in [6, 6.07) is 0. The first-order valence-electron chi connectivity index (χ1n) is 30.2. The van der Waals surface area contributed by atoms with Gasteiger partial charge in [-0.05, 0) is 135 Å². The summed E-state index contributed by atoms with van der Waals surface area (Å²) in [6.07, 6.45) is 85.9. The molecule has 0 saturated heterocycles. The molecule has 0 rings (SSSR count). The van der Waals surface area contributed by atoms with Crippen LogP contribution in [0.4, 0.5) is 0 Å². The molecule has 1 atom stereocenters. The molecule has 6 nitrogen and oxygen atoms in total. The minimum absolute atomic E-state index is 0.0975. The summed E-state index contributed by atoms with van der Waals surface area (Å²) in [4.78, 5) is 38.1. The van der Waals surface area contributed by atoms with Crippen molar-refractivity contribution < 1.29 is 28.6 Å². The van der Waals surface area contributed by atoms with Crippen molar-refractivity contribution in [3.8, 4) is 0 Å². The van der Waals surface area contributed by atoms with Crippen LogP contribution in [0.3, 0.4) is 0 Å². The number of hydrogen-bond acceptors (Lipinski definition) is 6. The maximum atomic E-state index is 12.9. The van der Waals surface area contributed by atoms with Gasteiger partial charge in [-0.15, -0.1) is 0 Å². The molecule has 0 aliphatic heterocycles. The van der Waals surface area contributed by atoms with Crippen LogP contribution in [0.25, 0.3) is 0 Å². The zero-order chi connectivity index (χ0) is 53.6. The molecule has 418 valence electrons. The third-order valence-electron chi connectivity index (χ3n) is 12.3. The topological polar surface area (TPSA) is 78.9 Å². The van der Waals surface area contributed by atoms with Crippen molar-refractivity contribution in [2.45, 2.75) is 264 Å². The van der Waals surface area contributed by atoms with E-state index in [0.29, 0.717) is 19.3 Å². The summed E-state index contributed by atoms with van der Waals surface area (Å²) in [5.74, 6) is -0.945. The van der Waals surface area contributed by atoms with Gasteiger partial charge in [-0.2, -0.15) is 0 Å². The number of ether oxygens (including phenoxy) is 3. The highest BCUT2D eigenvalue weighted by atomic mass is 16.6. The van der Waals surface area contributed by atoms with E-state index in [0.717, 1.165) is 154 Å². The van der Waals surface area contributed by atoms with Crippen LogP contribution in [0, 0.1) is 0 Å². The van der Waals surface area contributed by atoms with Crippen molar-refractivity contribution >= 4 is 17.9 Å². The van der Waals surface area contributed by atoms with Gasteiger partial charge in [-0.25, -0.2) is 0 Å². The molecule has 0 fully saturated rings. The highest BCUT2D eigenvalue weighted by molar-refractivity contribution is 5.71. The van der Waals surface area contributed by atoms with Gasteiger partial charge < -0.3 is 14.2 Å². The molecule has 0 amide bonds. The largest absolute Gasteiger partial charge is 0.462 e. The lowest BCUT2D eigenvalue weighted by Gasteiger charge is -2.18. The van der Waals surface area contributed by atoms with Crippen LogP contribution in [-0.2, 0) is 28.6 Å². The predicted molar refractivity (Wildman–Crippen MR) is 320 cm³/mol. The van der Waals surface area contributed by atoms with E-state index >= 15 is 0 Å². The molecule has 0 aliphatic rings. The minimum atomic E-state index is -0.801. The van der Waals surface area contributed by atoms with Crippen molar-refractivity contribution in [2.75, 3.05) is 13.2 Å². The predicted octanol–water partition coefficient (Wildman–Crippen LogP) is 20.6. The van der Waals surface area contributed by atoms with Gasteiger partial charge in [0.25, 0.3) is 0 Å². The molecule has 0 heterocycles. The number of allylic oxidation sites excluding steroid dienone is 22. The molecule has 1 unspecified atom stereocenters. The fourth-order valence-corrected chi connectivity index (χ4v) is 7.84. The summed E-state index contributed by atoms with van der Waals surface area (Å²) < 4.78 is 16.8. The SMILES string of the molecule is CC/C=C\C/C=C\C/C=C\C/C=C\C/C=C\C/C=C\C/C=C\C/C=C\CCCCCCC(=O)OCC(COC(=O)CCCCCCC/C=C\CCC)OC(=O)CCCCCCCCC/C=C\C/C=C\CCCCC. The Morgan fingerprint density at radius 1 is 0.284 bits per heavy atom. The summed E-state index contributed by atoms with van der Waals surface area (Å²) in [6.45, 7) is 6.40. The molecule has 0 aromatic heterocycles. The molecule has 0 saturated carbocycles. The van der Waals surface area contributed by atoms with Gasteiger partial charge in [0.15, 0.2) is 6.10 Å². The molecule has 0 aromatic rings. The van der Waals surface area contributed by atoms with E-state index in [-0.39, 0.29) is 31.1 Å². The second-order valence-corrected chi connectivity index (χ2v) is 19.5. The average molecular weight is 1020 g/mol. The lowest BCUT2D eigenvalue weighted by Crippen LogP contribution is -2.30. The second kappa shape index (κ2) is 61.1. The van der Waals surface area contributed by atoms with E-state index < -0.39 is 6.10 Å². The Labute approximate surface area is 455 Å². The molecule has 0 N–H and O–H groups in total. The smallest absolute Gasteiger partial charge is 0.306 e. The molecule has 0 aromatic carbocycles. The van der Waals surface area contributed by atoms with Gasteiger partial charge in [0.05, 0.1) is 0 Å². The monoisotopic (exact) mass is 1020 g/mol. The third-order valence-corrected chi connectivity index (χ3v) is 12.3. The Bertz CT molecular complexity index is 1600. The molecular weight excluding hydrogens is 913 g/mol. The fourth-order valence-electron chi connectivity index (χ4n) is 7.84. The quantitative estimate of drug-likeness (QED) is 0.0261. The molecule has 74 heavy (non-hydrogen) atoms. The standard InChI is InChI=1S/C68H110O6/c1-4-7-10-13-16-19-22-24-26-28-29-30-31-32-33-34-35-36-37-38-39-41-42-44-46-49-52-55-58-61-67(70)73-64-65(63-72-66(69)60-57-54-51-48-21-18-15-12-9-6-3)74-68(71)62-59-56-53-50-47-45-43-40-27-25-23-20-17-14-11-8-5-2/h7,10,12,15-17,19-20,24-27,29-30,32-33,35-36,38-39,42,44,65H,4-6,8-9,11,13-14,18,21-23,28,31,34,37,40-41,43,45-64H2,1-3H3/b10-7-,15-12-,19-16-,20-17-,26-24-,27-25-,30-29-,33-32-,36-35-,39-38-,44-42-. The molecule has 0 radical (unpaired) electrons. The van der Waals surface area contributed by atoms with E-state index in [9.17, 15) is 14.4 Å². The maximum absolute atomic E-state index is 12.9. The normalized spacial score (nSPS) is 13.1. The van der Waals surface area contributed by atoms with Crippen LogP contribution >= 0.6 is 0 Å². The van der Waals surface area contributed by atoms with Crippen LogP contribution in [0.1, 0.15) is 258 Å². The van der Waals surface area contributed by atoms with E-state index in [4.69, 9.17) is 14.2 Å². The Kier molecular flexibility index (Phi) is 57.4. The van der Waals surface area contributed by atoms with Gasteiger partial charge in [0.2, 0.25) is 0 Å². The highest BCUT2D eigenvalue weighted by Gasteiger charge is 2.19. The zero-order valence-corrected chi connectivity index (χ0v) is 47.8. The van der Waals surface area contributed by atoms with Gasteiger partial charge in [-0.1, -0.05) is 238 Å². The van der Waals surface area contributed by atoms with Gasteiger partial charge in [-0.3, -0.25) is 14.4 Å². The molecule has 0 spiro atoms. The minimum Gasteiger partial charge on any atom is -0.462 e. The van der Waals surface area contributed by atoms with Crippen LogP contribution in [0.2, 0.25) is 0 Å². The summed E-state index contributed by atoms with van der Waals surface area (Å²) in [7, 11) is 0. The third kappa shape index (κ3) is 58.4. The van der Waals surface area contributed by atoms with Gasteiger partial charge in [0.1, 0.15) is 13.2 Å². The summed E-state index contributed by atoms with van der Waals surface area (Å²) in [5, 5.41) is 0. The molecule has 6 heteroatoms. The van der Waals surface area contributed by atoms with Crippen LogP contribution in [-0.4, -0.2) is 37.2 Å². The highest BCUT2D eigenvalue weighted by Crippen LogP contribution is 2.14. The van der Waals surface area contributed by atoms with E-state index in [1.807, 2.05) is 0 Å². The van der Waals surface area contributed by atoms with Crippen LogP contribution in [0.15, 0.2) is 134 Å². The van der Waals surface area contributed by atoms with Crippen molar-refractivity contribution in [2.24, 2.45) is 0 Å². The van der Waals surface area contributed by atoms with Gasteiger partial charge >= 0.3 is 17.9 Å². The van der Waals surface area contributed by atoms with Crippen molar-refractivity contribution in [1.82, 2.24) is 0 Å². The number of rotatable bonds is 53. The lowest BCUT2D eigenvalue weighted by atomic mass is 10.1. The Hall–Kier alpha value is -4.45. The van der Waals surface area contributed by atoms with Crippen molar-refractivity contribution in [3.63, 3.8) is 0 Å². The van der Waals surface area contributed by atoms with Crippen molar-refractivity contribution in [1.29, 1.82) is 0 Å². The molecule has 0 bridgehead atoms. The van der Waals surface area contributed by atoms with E-state index in [1.54, 1.807) is 0 Å². The number of carbonyl (C=O) groups is 3. The first-order valence-corrected chi connectivity index (χ1v) is 30.2. The summed E-state index contributed by atoms with van der Waals surface area (Å²) >= 11 is 0. The second-order valence-electron chi connectivity index (χ2n) is 19.5. The van der Waals surface area contributed by atoms with Gasteiger partial charge in [0, 0.05) is 19.3 Å². The molecular formula is C68H110O6. The maximum Gasteiger partial charge on any atom is 0.306 e. The molecule has 0 aliphatic carbocycles. The first kappa shape index (κ1) is 69.5. The Morgan fingerprint density at radius 3 is 0.892 bits per heavy atom. The summed E-state index contributed by atoms with van der Waals surface area (Å²) in [5.41, 5.74) is 0. The Balaban J connectivity index is 4.35. The van der Waals surface area contributed by atoms with Crippen LogP contribution in [0.5, 0.6) is 0 Å². The first-order chi connectivity index (χ1) is 36.5. The van der Waals surface area contributed by atoms with E-state index in [1.165, 1.54) is 64.2 Å². The Morgan fingerprint density at radius 2 is 0.554 bits per heavy atom. The van der Waals surface area contributed by atoms with Crippen LogP contribution < -0.4 is 0 Å². The number of unbranched alkanes of at least 4 members (excludes halogenated alkanes) is 20. The average Bonchev–Trinajstić information content (AvgIpc) is 3.40. The van der Waals surface area contributed by atoms with E-state index in [2.05, 4.69) is 154 Å². The van der Waals surface area contributed by atoms with Crippen molar-refractivity contribution in [3.05, 3.63) is 134 Å². The lowest BCUT2D eigenvalue weighted by molar-refractivity contribution is -0.167. The number of hydrogen-bond donors (Lipinski definition) is 0. The number of carbonyl (C=O) groups excluding carboxylic acids is 3. The fraction of sp³-hybridized carbons (Fsp3) is 0.632. The number of esters is 3.